The fourth-order valence-corrected chi connectivity index (χ4v) is 1.54. The van der Waals surface area contributed by atoms with Gasteiger partial charge in [-0.3, -0.25) is 9.59 Å². The van der Waals surface area contributed by atoms with Crippen LogP contribution in [0.4, 0.5) is 5.69 Å². The molecule has 0 aliphatic carbocycles. The lowest BCUT2D eigenvalue weighted by Gasteiger charge is -2.24. The summed E-state index contributed by atoms with van der Waals surface area (Å²) in [6.07, 6.45) is 0. The van der Waals surface area contributed by atoms with Crippen molar-refractivity contribution in [3.05, 3.63) is 26.0 Å². The van der Waals surface area contributed by atoms with E-state index in [-0.39, 0.29) is 10.9 Å². The molecule has 0 radical (unpaired) electrons. The molecule has 0 N–H and O–H groups in total. The summed E-state index contributed by atoms with van der Waals surface area (Å²) in [5, 5.41) is 0. The Morgan fingerprint density at radius 1 is 1.07 bits per heavy atom. The Bertz CT molecular complexity index is 405. The highest BCUT2D eigenvalue weighted by atomic mass is 16.2. The fraction of sp³-hybridized carbons (Fsp3) is 0.636. The molecule has 1 aromatic rings. The Morgan fingerprint density at radius 2 is 1.67 bits per heavy atom. The zero-order chi connectivity index (χ0) is 11.6. The predicted octanol–water partition coefficient (Wildman–Crippen LogP) is -0.0211. The molecule has 15 heavy (non-hydrogen) atoms. The van der Waals surface area contributed by atoms with E-state index in [4.69, 9.17) is 0 Å². The van der Waals surface area contributed by atoms with Crippen molar-refractivity contribution >= 4 is 5.69 Å². The molecule has 0 fully saturated rings. The van der Waals surface area contributed by atoms with Crippen LogP contribution < -0.4 is 15.8 Å². The van der Waals surface area contributed by atoms with Gasteiger partial charge in [0, 0.05) is 25.7 Å². The molecule has 4 heteroatoms. The van der Waals surface area contributed by atoms with Crippen LogP contribution in [0.25, 0.3) is 0 Å². The number of likely N-dealkylation sites (N-methyl/N-ethyl adjacent to an activating group) is 2. The lowest BCUT2D eigenvalue weighted by Crippen LogP contribution is -2.43. The Balaban J connectivity index is 2.60. The van der Waals surface area contributed by atoms with E-state index in [0.29, 0.717) is 11.3 Å². The summed E-state index contributed by atoms with van der Waals surface area (Å²) in [5.41, 5.74) is 0.515. The molecule has 0 aliphatic heterocycles. The Labute approximate surface area is 89.8 Å². The quantitative estimate of drug-likeness (QED) is 0.640. The summed E-state index contributed by atoms with van der Waals surface area (Å²) in [4.78, 5) is 26.3. The maximum atomic E-state index is 11.3. The fourth-order valence-electron chi connectivity index (χ4n) is 1.54. The van der Waals surface area contributed by atoms with E-state index in [0.717, 1.165) is 19.6 Å². The first-order valence-electron chi connectivity index (χ1n) is 5.18. The molecule has 0 saturated heterocycles. The SMILES string of the molecule is CCN(C)CCN(C)c1c(C)c(=O)c1=O. The summed E-state index contributed by atoms with van der Waals surface area (Å²) in [6.45, 7) is 6.45. The second kappa shape index (κ2) is 4.57. The minimum Gasteiger partial charge on any atom is -0.370 e. The van der Waals surface area contributed by atoms with Gasteiger partial charge in [0.05, 0.1) is 5.69 Å². The van der Waals surface area contributed by atoms with Crippen LogP contribution in [-0.4, -0.2) is 38.6 Å². The van der Waals surface area contributed by atoms with Crippen molar-refractivity contribution in [3.8, 4) is 0 Å². The van der Waals surface area contributed by atoms with Gasteiger partial charge in [0.1, 0.15) is 0 Å². The van der Waals surface area contributed by atoms with Gasteiger partial charge in [0.15, 0.2) is 0 Å². The number of nitrogens with zero attached hydrogens (tertiary/aromatic N) is 2. The van der Waals surface area contributed by atoms with E-state index >= 15 is 0 Å². The molecule has 1 aromatic carbocycles. The van der Waals surface area contributed by atoms with Crippen molar-refractivity contribution < 1.29 is 0 Å². The second-order valence-corrected chi connectivity index (χ2v) is 3.95. The van der Waals surface area contributed by atoms with Crippen LogP contribution in [0.5, 0.6) is 0 Å². The number of hydrogen-bond donors (Lipinski definition) is 0. The van der Waals surface area contributed by atoms with Crippen LogP contribution in [0, 0.1) is 6.92 Å². The van der Waals surface area contributed by atoms with Crippen LogP contribution >= 0.6 is 0 Å². The molecule has 0 amide bonds. The lowest BCUT2D eigenvalue weighted by molar-refractivity contribution is 0.360. The molecular formula is C11H18N2O2. The molecule has 0 bridgehead atoms. The molecule has 0 aromatic heterocycles. The zero-order valence-electron chi connectivity index (χ0n) is 9.83. The van der Waals surface area contributed by atoms with Crippen LogP contribution in [0.2, 0.25) is 0 Å². The smallest absolute Gasteiger partial charge is 0.249 e. The molecule has 0 spiro atoms. The van der Waals surface area contributed by atoms with E-state index in [1.807, 2.05) is 19.0 Å². The van der Waals surface area contributed by atoms with Crippen molar-refractivity contribution in [2.45, 2.75) is 13.8 Å². The number of rotatable bonds is 5. The van der Waals surface area contributed by atoms with Gasteiger partial charge in [0.2, 0.25) is 10.9 Å². The molecule has 4 nitrogen and oxygen atoms in total. The first-order valence-corrected chi connectivity index (χ1v) is 5.18. The van der Waals surface area contributed by atoms with Crippen LogP contribution in [0.3, 0.4) is 0 Å². The van der Waals surface area contributed by atoms with Crippen LogP contribution in [-0.2, 0) is 0 Å². The van der Waals surface area contributed by atoms with Crippen molar-refractivity contribution in [1.29, 1.82) is 0 Å². The number of hydrogen-bond acceptors (Lipinski definition) is 4. The first kappa shape index (κ1) is 11.9. The maximum Gasteiger partial charge on any atom is 0.249 e. The van der Waals surface area contributed by atoms with Gasteiger partial charge < -0.3 is 9.80 Å². The van der Waals surface area contributed by atoms with Crippen LogP contribution in [0.15, 0.2) is 9.59 Å². The van der Waals surface area contributed by atoms with Gasteiger partial charge >= 0.3 is 0 Å². The van der Waals surface area contributed by atoms with Gasteiger partial charge in [-0.15, -0.1) is 0 Å². The largest absolute Gasteiger partial charge is 0.370 e. The molecule has 0 saturated carbocycles. The van der Waals surface area contributed by atoms with E-state index in [2.05, 4.69) is 11.8 Å². The monoisotopic (exact) mass is 210 g/mol. The highest BCUT2D eigenvalue weighted by molar-refractivity contribution is 5.57. The third-order valence-corrected chi connectivity index (χ3v) is 2.86. The van der Waals surface area contributed by atoms with Crippen LogP contribution in [0.1, 0.15) is 12.5 Å². The normalized spacial score (nSPS) is 11.3. The van der Waals surface area contributed by atoms with Crippen molar-refractivity contribution in [2.24, 2.45) is 0 Å². The highest BCUT2D eigenvalue weighted by Crippen LogP contribution is 2.10. The van der Waals surface area contributed by atoms with Gasteiger partial charge in [0.25, 0.3) is 0 Å². The summed E-state index contributed by atoms with van der Waals surface area (Å²) >= 11 is 0. The minimum absolute atomic E-state index is 0.333. The highest BCUT2D eigenvalue weighted by Gasteiger charge is 2.19. The third kappa shape index (κ3) is 2.26. The van der Waals surface area contributed by atoms with Crippen molar-refractivity contribution in [1.82, 2.24) is 4.90 Å². The van der Waals surface area contributed by atoms with E-state index in [1.54, 1.807) is 6.92 Å². The molecule has 1 rings (SSSR count). The zero-order valence-corrected chi connectivity index (χ0v) is 9.83. The first-order chi connectivity index (χ1) is 6.99. The lowest BCUT2D eigenvalue weighted by atomic mass is 10.1. The van der Waals surface area contributed by atoms with Gasteiger partial charge in [-0.1, -0.05) is 6.92 Å². The Hall–Kier alpha value is -1.16. The van der Waals surface area contributed by atoms with E-state index in [1.165, 1.54) is 0 Å². The van der Waals surface area contributed by atoms with Gasteiger partial charge in [-0.2, -0.15) is 0 Å². The average molecular weight is 210 g/mol. The minimum atomic E-state index is -0.339. The standard InChI is InChI=1S/C11H18N2O2/c1-5-12(3)6-7-13(4)9-8(2)10(14)11(9)15/h5-7H2,1-4H3. The second-order valence-electron chi connectivity index (χ2n) is 3.95. The van der Waals surface area contributed by atoms with Crippen molar-refractivity contribution in [3.63, 3.8) is 0 Å². The summed E-state index contributed by atoms with van der Waals surface area (Å²) < 4.78 is 0. The Kier molecular flexibility index (Phi) is 3.63. The summed E-state index contributed by atoms with van der Waals surface area (Å²) in [5.74, 6) is 0. The summed E-state index contributed by atoms with van der Waals surface area (Å²) in [7, 11) is 3.88. The number of anilines is 1. The van der Waals surface area contributed by atoms with E-state index < -0.39 is 0 Å². The van der Waals surface area contributed by atoms with Gasteiger partial charge in [-0.25, -0.2) is 0 Å². The average Bonchev–Trinajstić information content (AvgIpc) is 2.25. The molecule has 0 atom stereocenters. The molecule has 84 valence electrons. The molecular weight excluding hydrogens is 192 g/mol. The molecule has 0 unspecified atom stereocenters. The Morgan fingerprint density at radius 3 is 2.13 bits per heavy atom. The third-order valence-electron chi connectivity index (χ3n) is 2.86. The van der Waals surface area contributed by atoms with Gasteiger partial charge in [-0.05, 0) is 20.5 Å². The maximum absolute atomic E-state index is 11.3. The summed E-state index contributed by atoms with van der Waals surface area (Å²) in [6, 6.07) is 0. The molecule has 0 aliphatic rings. The topological polar surface area (TPSA) is 40.6 Å². The van der Waals surface area contributed by atoms with Crippen molar-refractivity contribution in [2.75, 3.05) is 38.6 Å². The van der Waals surface area contributed by atoms with E-state index in [9.17, 15) is 9.59 Å². The predicted molar refractivity (Wildman–Crippen MR) is 62.5 cm³/mol. The molecule has 0 heterocycles.